The highest BCUT2D eigenvalue weighted by Gasteiger charge is 2.48. The van der Waals surface area contributed by atoms with Gasteiger partial charge in [-0.25, -0.2) is 4.39 Å². The number of hydrogen-bond acceptors (Lipinski definition) is 9. The number of anilines is 1. The zero-order chi connectivity index (χ0) is 28.6. The molecule has 2 heterocycles. The fourth-order valence-electron chi connectivity index (χ4n) is 4.34. The number of aryl methyl sites for hydroxylation is 2. The third-order valence-electron chi connectivity index (χ3n) is 6.39. The van der Waals surface area contributed by atoms with Crippen molar-refractivity contribution in [1.29, 1.82) is 0 Å². The van der Waals surface area contributed by atoms with Crippen LogP contribution in [0.3, 0.4) is 0 Å². The van der Waals surface area contributed by atoms with Crippen molar-refractivity contribution >= 4 is 51.4 Å². The molecule has 9 nitrogen and oxygen atoms in total. The number of non-ortho nitro benzene ring substituents is 1. The van der Waals surface area contributed by atoms with Crippen molar-refractivity contribution in [3.8, 4) is 0 Å². The molecule has 12 heteroatoms. The molecule has 1 aliphatic rings. The van der Waals surface area contributed by atoms with Gasteiger partial charge in [0.2, 0.25) is 5.13 Å². The highest BCUT2D eigenvalue weighted by atomic mass is 32.2. The van der Waals surface area contributed by atoms with Crippen LogP contribution in [0.25, 0.3) is 5.76 Å². The van der Waals surface area contributed by atoms with Crippen LogP contribution in [0.1, 0.15) is 33.9 Å². The molecular formula is C28H21FN4O5S2. The number of hydrogen-bond donors (Lipinski definition) is 1. The number of nitro groups is 1. The molecule has 40 heavy (non-hydrogen) atoms. The van der Waals surface area contributed by atoms with E-state index in [1.54, 1.807) is 31.2 Å². The first-order chi connectivity index (χ1) is 19.1. The quantitative estimate of drug-likeness (QED) is 0.0530. The van der Waals surface area contributed by atoms with Gasteiger partial charge in [0.15, 0.2) is 4.34 Å². The minimum atomic E-state index is -1.09. The molecule has 202 valence electrons. The summed E-state index contributed by atoms with van der Waals surface area (Å²) in [5.41, 5.74) is 2.88. The number of carbonyl (C=O) groups is 2. The van der Waals surface area contributed by atoms with Crippen LogP contribution < -0.4 is 4.90 Å². The predicted molar refractivity (Wildman–Crippen MR) is 150 cm³/mol. The van der Waals surface area contributed by atoms with Crippen molar-refractivity contribution in [1.82, 2.24) is 10.2 Å². The van der Waals surface area contributed by atoms with Crippen molar-refractivity contribution in [3.05, 3.63) is 116 Å². The summed E-state index contributed by atoms with van der Waals surface area (Å²) in [6.45, 7) is 3.62. The summed E-state index contributed by atoms with van der Waals surface area (Å²) in [4.78, 5) is 38.7. The Morgan fingerprint density at radius 1 is 1.07 bits per heavy atom. The number of aliphatic hydroxyl groups is 1. The van der Waals surface area contributed by atoms with Crippen molar-refractivity contribution in [2.75, 3.05) is 4.90 Å². The largest absolute Gasteiger partial charge is 0.507 e. The molecule has 1 amide bonds. The van der Waals surface area contributed by atoms with Crippen molar-refractivity contribution in [3.63, 3.8) is 0 Å². The Bertz CT molecular complexity index is 1670. The summed E-state index contributed by atoms with van der Waals surface area (Å²) in [5, 5.41) is 31.1. The van der Waals surface area contributed by atoms with Gasteiger partial charge in [-0.1, -0.05) is 52.9 Å². The SMILES string of the molecule is Cc1ccc(C)c(/C(O)=C2\C(=O)C(=O)N(c3nnc(SCc4ccc(F)cc4)s3)C2c2ccc([N+](=O)[O-])cc2)c1. The molecule has 1 aromatic heterocycles. The molecule has 5 rings (SSSR count). The van der Waals surface area contributed by atoms with E-state index in [1.165, 1.54) is 53.1 Å². The molecule has 0 spiro atoms. The van der Waals surface area contributed by atoms with E-state index >= 15 is 0 Å². The number of nitro benzene ring substituents is 1. The summed E-state index contributed by atoms with van der Waals surface area (Å²) in [6.07, 6.45) is 0. The zero-order valence-corrected chi connectivity index (χ0v) is 22.8. The Balaban J connectivity index is 1.57. The number of halogens is 1. The molecule has 1 atom stereocenters. The van der Waals surface area contributed by atoms with E-state index in [-0.39, 0.29) is 28.0 Å². The lowest BCUT2D eigenvalue weighted by atomic mass is 9.93. The number of benzene rings is 3. The van der Waals surface area contributed by atoms with Gasteiger partial charge in [-0.15, -0.1) is 10.2 Å². The molecule has 0 saturated carbocycles. The summed E-state index contributed by atoms with van der Waals surface area (Å²) in [5.74, 6) is -2.01. The summed E-state index contributed by atoms with van der Waals surface area (Å²) in [6, 6.07) is 15.8. The van der Waals surface area contributed by atoms with Crippen LogP contribution in [0.5, 0.6) is 0 Å². The van der Waals surface area contributed by atoms with Crippen LogP contribution in [0, 0.1) is 29.8 Å². The number of aromatic nitrogens is 2. The maximum absolute atomic E-state index is 13.4. The average Bonchev–Trinajstić information content (AvgIpc) is 3.51. The maximum atomic E-state index is 13.4. The van der Waals surface area contributed by atoms with Crippen LogP contribution in [0.4, 0.5) is 15.2 Å². The van der Waals surface area contributed by atoms with Crippen LogP contribution in [-0.4, -0.2) is 31.9 Å². The number of Topliss-reactive ketones (excluding diaryl/α,β-unsaturated/α-hetero) is 1. The second-order valence-electron chi connectivity index (χ2n) is 9.10. The lowest BCUT2D eigenvalue weighted by Gasteiger charge is -2.22. The molecule has 1 aliphatic heterocycles. The van der Waals surface area contributed by atoms with Crippen LogP contribution in [0.2, 0.25) is 0 Å². The molecule has 1 N–H and O–H groups in total. The summed E-state index contributed by atoms with van der Waals surface area (Å²) in [7, 11) is 0. The molecule has 1 fully saturated rings. The minimum absolute atomic E-state index is 0.132. The number of aliphatic hydroxyl groups excluding tert-OH is 1. The topological polar surface area (TPSA) is 127 Å². The lowest BCUT2D eigenvalue weighted by Crippen LogP contribution is -2.29. The molecule has 3 aromatic carbocycles. The number of carbonyl (C=O) groups excluding carboxylic acids is 2. The van der Waals surface area contributed by atoms with Gasteiger partial charge in [0.1, 0.15) is 11.6 Å². The molecule has 0 aliphatic carbocycles. The number of nitrogens with zero attached hydrogens (tertiary/aromatic N) is 4. The first-order valence-corrected chi connectivity index (χ1v) is 13.8. The molecule has 1 unspecified atom stereocenters. The predicted octanol–water partition coefficient (Wildman–Crippen LogP) is 6.12. The second kappa shape index (κ2) is 11.0. The van der Waals surface area contributed by atoms with E-state index < -0.39 is 22.7 Å². The van der Waals surface area contributed by atoms with E-state index in [4.69, 9.17) is 0 Å². The standard InChI is InChI=1S/C28H21FN4O5S2/c1-15-3-4-16(2)21(13-15)24(34)22-23(18-7-11-20(12-8-18)33(37)38)32(26(36)25(22)35)27-30-31-28(40-27)39-14-17-5-9-19(29)10-6-17/h3-13,23,34H,14H2,1-2H3/b24-22+. The van der Waals surface area contributed by atoms with Crippen LogP contribution >= 0.6 is 23.1 Å². The Morgan fingerprint density at radius 3 is 2.45 bits per heavy atom. The van der Waals surface area contributed by atoms with Gasteiger partial charge in [0.05, 0.1) is 16.5 Å². The first kappa shape index (κ1) is 27.2. The molecule has 0 radical (unpaired) electrons. The minimum Gasteiger partial charge on any atom is -0.507 e. The number of amides is 1. The Labute approximate surface area is 236 Å². The highest BCUT2D eigenvalue weighted by Crippen LogP contribution is 2.44. The Morgan fingerprint density at radius 2 is 1.77 bits per heavy atom. The molecule has 4 aromatic rings. The van der Waals surface area contributed by atoms with Crippen molar-refractivity contribution in [2.45, 2.75) is 30.0 Å². The van der Waals surface area contributed by atoms with E-state index in [0.29, 0.717) is 26.8 Å². The van der Waals surface area contributed by atoms with E-state index in [0.717, 1.165) is 22.5 Å². The third-order valence-corrected chi connectivity index (χ3v) is 8.52. The number of thioether (sulfide) groups is 1. The van der Waals surface area contributed by atoms with Gasteiger partial charge in [-0.2, -0.15) is 0 Å². The smallest absolute Gasteiger partial charge is 0.301 e. The van der Waals surface area contributed by atoms with Crippen LogP contribution in [-0.2, 0) is 15.3 Å². The van der Waals surface area contributed by atoms with Gasteiger partial charge in [-0.05, 0) is 60.9 Å². The van der Waals surface area contributed by atoms with Crippen LogP contribution in [0.15, 0.2) is 76.6 Å². The Kier molecular flexibility index (Phi) is 7.46. The summed E-state index contributed by atoms with van der Waals surface area (Å²) < 4.78 is 13.7. The lowest BCUT2D eigenvalue weighted by molar-refractivity contribution is -0.384. The first-order valence-electron chi connectivity index (χ1n) is 12.0. The fraction of sp³-hybridized carbons (Fsp3) is 0.143. The third kappa shape index (κ3) is 5.23. The van der Waals surface area contributed by atoms with E-state index in [2.05, 4.69) is 10.2 Å². The second-order valence-corrected chi connectivity index (χ2v) is 11.3. The van der Waals surface area contributed by atoms with E-state index in [9.17, 15) is 29.2 Å². The van der Waals surface area contributed by atoms with Gasteiger partial charge < -0.3 is 5.11 Å². The zero-order valence-electron chi connectivity index (χ0n) is 21.2. The van der Waals surface area contributed by atoms with E-state index in [1.807, 2.05) is 13.0 Å². The van der Waals surface area contributed by atoms with Crippen molar-refractivity contribution in [2.24, 2.45) is 0 Å². The van der Waals surface area contributed by atoms with Gasteiger partial charge in [0.25, 0.3) is 11.5 Å². The summed E-state index contributed by atoms with van der Waals surface area (Å²) >= 11 is 2.42. The highest BCUT2D eigenvalue weighted by molar-refractivity contribution is 8.00. The Hall–Kier alpha value is -4.42. The normalized spacial score (nSPS) is 16.5. The molecular weight excluding hydrogens is 555 g/mol. The molecule has 0 bridgehead atoms. The van der Waals surface area contributed by atoms with Gasteiger partial charge >= 0.3 is 5.91 Å². The number of ketones is 1. The van der Waals surface area contributed by atoms with Crippen molar-refractivity contribution < 1.29 is 24.0 Å². The monoisotopic (exact) mass is 576 g/mol. The van der Waals surface area contributed by atoms with Gasteiger partial charge in [-0.3, -0.25) is 24.6 Å². The maximum Gasteiger partial charge on any atom is 0.301 e. The van der Waals surface area contributed by atoms with Gasteiger partial charge in [0, 0.05) is 23.4 Å². The average molecular weight is 577 g/mol. The molecule has 1 saturated heterocycles. The fourth-order valence-corrected chi connectivity index (χ4v) is 6.17. The number of rotatable bonds is 7.